The van der Waals surface area contributed by atoms with E-state index in [1.54, 1.807) is 0 Å². The van der Waals surface area contributed by atoms with Crippen LogP contribution in [0.5, 0.6) is 0 Å². The minimum atomic E-state index is -0.754. The standard InChI is InChI=1S/C10H5Cl2F2N3/c11-6-4-15-10(12)17-9(6)16-8-2-1-5(13)3-7(8)14/h1-4H,(H,15,16,17). The van der Waals surface area contributed by atoms with Crippen molar-refractivity contribution in [2.75, 3.05) is 5.32 Å². The maximum absolute atomic E-state index is 13.3. The van der Waals surface area contributed by atoms with Crippen molar-refractivity contribution in [3.63, 3.8) is 0 Å². The molecule has 0 atom stereocenters. The van der Waals surface area contributed by atoms with Gasteiger partial charge in [0, 0.05) is 6.07 Å². The van der Waals surface area contributed by atoms with E-state index in [1.807, 2.05) is 0 Å². The molecule has 0 spiro atoms. The van der Waals surface area contributed by atoms with Gasteiger partial charge < -0.3 is 5.32 Å². The smallest absolute Gasteiger partial charge is 0.224 e. The van der Waals surface area contributed by atoms with E-state index in [0.29, 0.717) is 0 Å². The summed E-state index contributed by atoms with van der Waals surface area (Å²) in [6.07, 6.45) is 1.28. The van der Waals surface area contributed by atoms with Crippen LogP contribution < -0.4 is 5.32 Å². The van der Waals surface area contributed by atoms with Crippen LogP contribution in [0.4, 0.5) is 20.3 Å². The number of nitrogens with zero attached hydrogens (tertiary/aromatic N) is 2. The first-order valence-electron chi connectivity index (χ1n) is 4.46. The molecule has 0 radical (unpaired) electrons. The highest BCUT2D eigenvalue weighted by molar-refractivity contribution is 6.33. The number of anilines is 2. The summed E-state index contributed by atoms with van der Waals surface area (Å²) >= 11 is 11.4. The van der Waals surface area contributed by atoms with Gasteiger partial charge in [-0.3, -0.25) is 0 Å². The van der Waals surface area contributed by atoms with Gasteiger partial charge in [0.1, 0.15) is 16.7 Å². The molecule has 0 saturated heterocycles. The largest absolute Gasteiger partial charge is 0.336 e. The average molecular weight is 276 g/mol. The van der Waals surface area contributed by atoms with Gasteiger partial charge in [-0.1, -0.05) is 11.6 Å². The summed E-state index contributed by atoms with van der Waals surface area (Å²) in [7, 11) is 0. The van der Waals surface area contributed by atoms with Crippen LogP contribution >= 0.6 is 23.2 Å². The SMILES string of the molecule is Fc1ccc(Nc2nc(Cl)ncc2Cl)c(F)c1. The third kappa shape index (κ3) is 2.81. The first kappa shape index (κ1) is 12.0. The molecule has 1 aromatic heterocycles. The summed E-state index contributed by atoms with van der Waals surface area (Å²) in [5, 5.41) is 2.75. The lowest BCUT2D eigenvalue weighted by molar-refractivity contribution is 0.586. The van der Waals surface area contributed by atoms with Gasteiger partial charge in [-0.15, -0.1) is 0 Å². The highest BCUT2D eigenvalue weighted by Gasteiger charge is 2.08. The lowest BCUT2D eigenvalue weighted by Crippen LogP contribution is -1.98. The summed E-state index contributed by atoms with van der Waals surface area (Å²) in [6.45, 7) is 0. The molecule has 88 valence electrons. The molecule has 17 heavy (non-hydrogen) atoms. The number of benzene rings is 1. The van der Waals surface area contributed by atoms with E-state index in [0.717, 1.165) is 12.1 Å². The van der Waals surface area contributed by atoms with Crippen molar-refractivity contribution < 1.29 is 8.78 Å². The molecule has 2 rings (SSSR count). The summed E-state index contributed by atoms with van der Waals surface area (Å²) in [5.41, 5.74) is 0.0445. The van der Waals surface area contributed by atoms with Gasteiger partial charge in [-0.25, -0.2) is 13.8 Å². The molecule has 1 heterocycles. The zero-order valence-electron chi connectivity index (χ0n) is 8.22. The predicted octanol–water partition coefficient (Wildman–Crippen LogP) is 3.81. The molecule has 0 fully saturated rings. The van der Waals surface area contributed by atoms with Crippen molar-refractivity contribution in [1.82, 2.24) is 9.97 Å². The lowest BCUT2D eigenvalue weighted by atomic mass is 10.3. The van der Waals surface area contributed by atoms with E-state index in [4.69, 9.17) is 23.2 Å². The van der Waals surface area contributed by atoms with E-state index < -0.39 is 11.6 Å². The maximum atomic E-state index is 13.3. The second kappa shape index (κ2) is 4.81. The van der Waals surface area contributed by atoms with Crippen LogP contribution in [0, 0.1) is 11.6 Å². The number of rotatable bonds is 2. The summed E-state index contributed by atoms with van der Waals surface area (Å²) in [4.78, 5) is 7.43. The fourth-order valence-corrected chi connectivity index (χ4v) is 1.42. The Labute approximate surface area is 105 Å². The molecule has 0 unspecified atom stereocenters. The van der Waals surface area contributed by atoms with Crippen LogP contribution in [0.2, 0.25) is 10.3 Å². The molecule has 0 aliphatic carbocycles. The number of aromatic nitrogens is 2. The van der Waals surface area contributed by atoms with Crippen molar-refractivity contribution in [2.24, 2.45) is 0 Å². The van der Waals surface area contributed by atoms with Crippen LogP contribution in [0.25, 0.3) is 0 Å². The van der Waals surface area contributed by atoms with E-state index >= 15 is 0 Å². The van der Waals surface area contributed by atoms with Gasteiger partial charge in [-0.2, -0.15) is 4.98 Å². The molecule has 1 N–H and O–H groups in total. The number of halogens is 4. The van der Waals surface area contributed by atoms with Crippen molar-refractivity contribution >= 4 is 34.7 Å². The van der Waals surface area contributed by atoms with Gasteiger partial charge in [-0.05, 0) is 23.7 Å². The fraction of sp³-hybridized carbons (Fsp3) is 0. The number of hydrogen-bond acceptors (Lipinski definition) is 3. The van der Waals surface area contributed by atoms with E-state index in [2.05, 4.69) is 15.3 Å². The Kier molecular flexibility index (Phi) is 3.40. The Hall–Kier alpha value is -1.46. The van der Waals surface area contributed by atoms with E-state index in [-0.39, 0.29) is 21.8 Å². The van der Waals surface area contributed by atoms with E-state index in [9.17, 15) is 8.78 Å². The minimum absolute atomic E-state index is 0.0283. The predicted molar refractivity (Wildman–Crippen MR) is 61.7 cm³/mol. The molecular weight excluding hydrogens is 271 g/mol. The van der Waals surface area contributed by atoms with Crippen molar-refractivity contribution in [3.8, 4) is 0 Å². The quantitative estimate of drug-likeness (QED) is 0.847. The van der Waals surface area contributed by atoms with E-state index in [1.165, 1.54) is 12.3 Å². The van der Waals surface area contributed by atoms with Gasteiger partial charge in [0.25, 0.3) is 0 Å². The fourth-order valence-electron chi connectivity index (χ4n) is 1.15. The Bertz CT molecular complexity index is 563. The van der Waals surface area contributed by atoms with Gasteiger partial charge in [0.05, 0.1) is 11.9 Å². The second-order valence-corrected chi connectivity index (χ2v) is 3.83. The van der Waals surface area contributed by atoms with Crippen molar-refractivity contribution in [2.45, 2.75) is 0 Å². The zero-order valence-corrected chi connectivity index (χ0v) is 9.73. The molecule has 2 aromatic rings. The van der Waals surface area contributed by atoms with Crippen LogP contribution in [0.15, 0.2) is 24.4 Å². The molecule has 3 nitrogen and oxygen atoms in total. The summed E-state index contributed by atoms with van der Waals surface area (Å²) < 4.78 is 26.0. The molecule has 7 heteroatoms. The molecular formula is C10H5Cl2F2N3. The average Bonchev–Trinajstić information content (AvgIpc) is 2.27. The molecule has 0 aliphatic rings. The summed E-state index contributed by atoms with van der Waals surface area (Å²) in [5.74, 6) is -1.27. The lowest BCUT2D eigenvalue weighted by Gasteiger charge is -2.08. The van der Waals surface area contributed by atoms with Gasteiger partial charge in [0.15, 0.2) is 5.82 Å². The molecule has 1 aromatic carbocycles. The normalized spacial score (nSPS) is 10.4. The van der Waals surface area contributed by atoms with Crippen LogP contribution in [-0.4, -0.2) is 9.97 Å². The van der Waals surface area contributed by atoms with Gasteiger partial charge in [0.2, 0.25) is 5.28 Å². The van der Waals surface area contributed by atoms with Gasteiger partial charge >= 0.3 is 0 Å². The molecule has 0 bridgehead atoms. The molecule has 0 saturated carbocycles. The van der Waals surface area contributed by atoms with Crippen LogP contribution in [0.1, 0.15) is 0 Å². The third-order valence-electron chi connectivity index (χ3n) is 1.90. The Balaban J connectivity index is 2.34. The second-order valence-electron chi connectivity index (χ2n) is 3.08. The molecule has 0 amide bonds. The highest BCUT2D eigenvalue weighted by Crippen LogP contribution is 2.25. The monoisotopic (exact) mass is 275 g/mol. The maximum Gasteiger partial charge on any atom is 0.224 e. The topological polar surface area (TPSA) is 37.8 Å². The minimum Gasteiger partial charge on any atom is -0.336 e. The Morgan fingerprint density at radius 2 is 1.94 bits per heavy atom. The Morgan fingerprint density at radius 3 is 2.65 bits per heavy atom. The van der Waals surface area contributed by atoms with Crippen LogP contribution in [-0.2, 0) is 0 Å². The highest BCUT2D eigenvalue weighted by atomic mass is 35.5. The van der Waals surface area contributed by atoms with Crippen LogP contribution in [0.3, 0.4) is 0 Å². The number of hydrogen-bond donors (Lipinski definition) is 1. The zero-order chi connectivity index (χ0) is 12.4. The third-order valence-corrected chi connectivity index (χ3v) is 2.36. The summed E-state index contributed by atoms with van der Waals surface area (Å²) in [6, 6.07) is 3.10. The first-order chi connectivity index (χ1) is 8.06. The van der Waals surface area contributed by atoms with Crippen molar-refractivity contribution in [1.29, 1.82) is 0 Å². The first-order valence-corrected chi connectivity index (χ1v) is 5.22. The Morgan fingerprint density at radius 1 is 1.18 bits per heavy atom. The molecule has 0 aliphatic heterocycles. The number of nitrogens with one attached hydrogen (secondary N) is 1. The van der Waals surface area contributed by atoms with Crippen molar-refractivity contribution in [3.05, 3.63) is 46.3 Å².